The molecule has 5 rings (SSSR count). The maximum atomic E-state index is 13.3. The number of hydrogen-bond donors (Lipinski definition) is 3. The maximum Gasteiger partial charge on any atom is 0.387 e. The van der Waals surface area contributed by atoms with Gasteiger partial charge in [0.1, 0.15) is 23.7 Å². The number of nitrogens with one attached hydrogen (secondary N) is 3. The number of benzene rings is 1. The van der Waals surface area contributed by atoms with Crippen molar-refractivity contribution in [2.75, 3.05) is 19.0 Å². The summed E-state index contributed by atoms with van der Waals surface area (Å²) >= 11 is 0. The predicted octanol–water partition coefficient (Wildman–Crippen LogP) is 4.65. The Bertz CT molecular complexity index is 1190. The molecule has 36 heavy (non-hydrogen) atoms. The van der Waals surface area contributed by atoms with Gasteiger partial charge in [-0.3, -0.25) is 14.8 Å². The summed E-state index contributed by atoms with van der Waals surface area (Å²) in [5.74, 6) is -0.138. The van der Waals surface area contributed by atoms with Crippen molar-refractivity contribution in [1.82, 2.24) is 14.9 Å². The highest BCUT2D eigenvalue weighted by Crippen LogP contribution is 2.39. The van der Waals surface area contributed by atoms with Crippen molar-refractivity contribution >= 4 is 24.0 Å². The molecule has 0 unspecified atom stereocenters. The zero-order valence-corrected chi connectivity index (χ0v) is 20.0. The topological polar surface area (TPSA) is 110 Å². The molecule has 1 spiro atoms. The number of rotatable bonds is 6. The van der Waals surface area contributed by atoms with Crippen LogP contribution in [-0.4, -0.2) is 53.3 Å². The van der Waals surface area contributed by atoms with Crippen molar-refractivity contribution in [3.05, 3.63) is 30.0 Å². The highest BCUT2D eigenvalue weighted by molar-refractivity contribution is 6.01. The van der Waals surface area contributed by atoms with Gasteiger partial charge in [-0.15, -0.1) is 0 Å². The quantitative estimate of drug-likeness (QED) is 0.532. The third-order valence-electron chi connectivity index (χ3n) is 6.80. The van der Waals surface area contributed by atoms with Crippen LogP contribution in [0.25, 0.3) is 17.5 Å². The molecule has 0 atom stereocenters. The lowest BCUT2D eigenvalue weighted by Crippen LogP contribution is -2.45. The monoisotopic (exact) mass is 501 g/mol. The third kappa shape index (κ3) is 5.00. The minimum Gasteiger partial charge on any atom is -0.496 e. The smallest absolute Gasteiger partial charge is 0.387 e. The van der Waals surface area contributed by atoms with Gasteiger partial charge in [0, 0.05) is 23.9 Å². The minimum atomic E-state index is -3.13. The molecule has 9 nitrogen and oxygen atoms in total. The van der Waals surface area contributed by atoms with Gasteiger partial charge in [0.2, 0.25) is 11.8 Å². The van der Waals surface area contributed by atoms with Crippen molar-refractivity contribution in [3.8, 4) is 22.8 Å². The fourth-order valence-corrected chi connectivity index (χ4v) is 4.79. The van der Waals surface area contributed by atoms with E-state index in [0.29, 0.717) is 23.8 Å². The van der Waals surface area contributed by atoms with Crippen LogP contribution in [0.15, 0.2) is 24.4 Å². The van der Waals surface area contributed by atoms with E-state index in [1.165, 1.54) is 19.3 Å². The third-order valence-corrected chi connectivity index (χ3v) is 6.80. The van der Waals surface area contributed by atoms with Crippen LogP contribution in [0.5, 0.6) is 11.5 Å². The second-order valence-electron chi connectivity index (χ2n) is 9.45. The van der Waals surface area contributed by atoms with Crippen LogP contribution < -0.4 is 20.1 Å². The number of imidazole rings is 1. The van der Waals surface area contributed by atoms with E-state index in [-0.39, 0.29) is 34.5 Å². The van der Waals surface area contributed by atoms with E-state index in [9.17, 15) is 13.6 Å². The number of anilines is 1. The Morgan fingerprint density at radius 3 is 2.72 bits per heavy atom. The molecule has 192 valence electrons. The average Bonchev–Trinajstić information content (AvgIpc) is 3.57. The van der Waals surface area contributed by atoms with E-state index >= 15 is 0 Å². The van der Waals surface area contributed by atoms with Crippen molar-refractivity contribution < 1.29 is 27.8 Å². The molecule has 2 heterocycles. The van der Waals surface area contributed by atoms with Gasteiger partial charge in [-0.1, -0.05) is 19.3 Å². The molecule has 0 bridgehead atoms. The SMILES string of the molecule is COc1cc(-c2cnc3n2/C=C\C(=N)OCC2(CCCCC2)N3)cc(OC(F)F)c1C(=O)NC1CC1. The van der Waals surface area contributed by atoms with Crippen molar-refractivity contribution in [1.29, 1.82) is 5.41 Å². The fraction of sp³-hybridized carbons (Fsp3) is 0.480. The Balaban J connectivity index is 1.58. The zero-order valence-electron chi connectivity index (χ0n) is 20.0. The van der Waals surface area contributed by atoms with Gasteiger partial charge < -0.3 is 24.8 Å². The first-order chi connectivity index (χ1) is 17.4. The summed E-state index contributed by atoms with van der Waals surface area (Å²) in [6, 6.07) is 3.02. The molecule has 2 fully saturated rings. The average molecular weight is 502 g/mol. The zero-order chi connectivity index (χ0) is 25.3. The first kappa shape index (κ1) is 24.1. The summed E-state index contributed by atoms with van der Waals surface area (Å²) in [7, 11) is 1.37. The van der Waals surface area contributed by atoms with Crippen molar-refractivity contribution in [3.63, 3.8) is 0 Å². The van der Waals surface area contributed by atoms with Gasteiger partial charge in [0.15, 0.2) is 0 Å². The Kier molecular flexibility index (Phi) is 6.55. The molecule has 1 amide bonds. The number of fused-ring (bicyclic) bond motifs is 1. The number of carbonyl (C=O) groups excluding carboxylic acids is 1. The van der Waals surface area contributed by atoms with Crippen LogP contribution in [0.1, 0.15) is 55.3 Å². The molecule has 2 aromatic rings. The van der Waals surface area contributed by atoms with Gasteiger partial charge in [-0.25, -0.2) is 4.98 Å². The minimum absolute atomic E-state index is 0.0145. The Labute approximate surface area is 207 Å². The number of carbonyl (C=O) groups is 1. The van der Waals surface area contributed by atoms with E-state index < -0.39 is 12.5 Å². The summed E-state index contributed by atoms with van der Waals surface area (Å²) in [4.78, 5) is 17.4. The molecule has 1 aromatic carbocycles. The number of hydrogen-bond acceptors (Lipinski definition) is 7. The molecular formula is C25H29F2N5O4. The predicted molar refractivity (Wildman–Crippen MR) is 130 cm³/mol. The van der Waals surface area contributed by atoms with E-state index in [1.54, 1.807) is 23.0 Å². The van der Waals surface area contributed by atoms with Gasteiger partial charge >= 0.3 is 6.61 Å². The van der Waals surface area contributed by atoms with Crippen molar-refractivity contribution in [2.24, 2.45) is 0 Å². The number of alkyl halides is 2. The van der Waals surface area contributed by atoms with Gasteiger partial charge in [-0.05, 0) is 37.8 Å². The molecule has 11 heteroatoms. The number of nitrogens with zero attached hydrogens (tertiary/aromatic N) is 2. The van der Waals surface area contributed by atoms with Crippen LogP contribution in [0.2, 0.25) is 0 Å². The first-order valence-corrected chi connectivity index (χ1v) is 12.1. The summed E-state index contributed by atoms with van der Waals surface area (Å²) in [6.45, 7) is -2.78. The molecule has 0 radical (unpaired) electrons. The van der Waals surface area contributed by atoms with Crippen LogP contribution >= 0.6 is 0 Å². The summed E-state index contributed by atoms with van der Waals surface area (Å²) in [5.41, 5.74) is 0.562. The Hall–Kier alpha value is -3.63. The van der Waals surface area contributed by atoms with E-state index in [1.807, 2.05) is 0 Å². The molecule has 1 aliphatic heterocycles. The molecular weight excluding hydrogens is 472 g/mol. The lowest BCUT2D eigenvalue weighted by atomic mass is 9.82. The largest absolute Gasteiger partial charge is 0.496 e. The molecule has 3 N–H and O–H groups in total. The number of halogens is 2. The second-order valence-corrected chi connectivity index (χ2v) is 9.45. The molecule has 0 saturated heterocycles. The molecule has 1 aromatic heterocycles. The Morgan fingerprint density at radius 1 is 1.28 bits per heavy atom. The number of ether oxygens (including phenoxy) is 3. The lowest BCUT2D eigenvalue weighted by Gasteiger charge is -2.37. The molecule has 2 saturated carbocycles. The van der Waals surface area contributed by atoms with Crippen LogP contribution in [0.4, 0.5) is 14.7 Å². The van der Waals surface area contributed by atoms with Gasteiger partial charge in [0.25, 0.3) is 5.91 Å². The summed E-state index contributed by atoms with van der Waals surface area (Å²) in [5, 5.41) is 14.5. The highest BCUT2D eigenvalue weighted by atomic mass is 19.3. The fourth-order valence-electron chi connectivity index (χ4n) is 4.79. The maximum absolute atomic E-state index is 13.3. The van der Waals surface area contributed by atoms with Crippen LogP contribution in [0.3, 0.4) is 0 Å². The molecule has 2 aliphatic carbocycles. The van der Waals surface area contributed by atoms with Gasteiger partial charge in [0.05, 0.1) is 24.5 Å². The van der Waals surface area contributed by atoms with Crippen LogP contribution in [-0.2, 0) is 4.74 Å². The number of aromatic nitrogens is 2. The lowest BCUT2D eigenvalue weighted by molar-refractivity contribution is -0.0502. The van der Waals surface area contributed by atoms with E-state index in [4.69, 9.17) is 19.6 Å². The summed E-state index contributed by atoms with van der Waals surface area (Å²) < 4.78 is 44.3. The van der Waals surface area contributed by atoms with E-state index in [0.717, 1.165) is 44.9 Å². The summed E-state index contributed by atoms with van der Waals surface area (Å²) in [6.07, 6.45) is 11.5. The second kappa shape index (κ2) is 9.79. The standard InChI is InChI=1S/C25H29F2N5O4/c1-34-18-11-15(12-19(36-23(26)27)21(18)22(33)30-16-5-6-16)17-13-29-24-31-25(8-3-2-4-9-25)14-35-20(28)7-10-32(17)24/h7,10-13,16,23,28H,2-6,8-9,14H2,1H3,(H,29,31)(H,30,33)/b10-7-,28-20?. The normalized spacial score (nSPS) is 19.8. The van der Waals surface area contributed by atoms with E-state index in [2.05, 4.69) is 15.6 Å². The van der Waals surface area contributed by atoms with Crippen LogP contribution in [0, 0.1) is 5.41 Å². The number of methoxy groups -OCH3 is 1. The number of amides is 1. The molecule has 3 aliphatic rings. The van der Waals surface area contributed by atoms with Gasteiger partial charge in [-0.2, -0.15) is 8.78 Å². The Morgan fingerprint density at radius 2 is 2.03 bits per heavy atom. The van der Waals surface area contributed by atoms with Crippen molar-refractivity contribution in [2.45, 2.75) is 63.1 Å². The highest BCUT2D eigenvalue weighted by Gasteiger charge is 2.35. The first-order valence-electron chi connectivity index (χ1n) is 12.1.